The first kappa shape index (κ1) is 10.6. The van der Waals surface area contributed by atoms with Gasteiger partial charge in [-0.25, -0.2) is 0 Å². The molecule has 0 aromatic heterocycles. The Morgan fingerprint density at radius 2 is 1.62 bits per heavy atom. The molecule has 5 nitrogen and oxygen atoms in total. The molecule has 2 rings (SSSR count). The molecule has 0 N–H and O–H groups in total. The van der Waals surface area contributed by atoms with Crippen molar-refractivity contribution in [3.05, 3.63) is 36.5 Å². The highest BCUT2D eigenvalue weighted by atomic mass is 32.2. The maximum Gasteiger partial charge on any atom is 0.254 e. The second kappa shape index (κ2) is 3.90. The summed E-state index contributed by atoms with van der Waals surface area (Å²) in [6.07, 6.45) is 8.25. The van der Waals surface area contributed by atoms with E-state index in [2.05, 4.69) is 0 Å². The first-order valence-corrected chi connectivity index (χ1v) is 5.55. The molecule has 6 heteroatoms. The lowest BCUT2D eigenvalue weighted by atomic mass is 10.1. The molecular weight excluding hydrogens is 230 g/mol. The average molecular weight is 237 g/mol. The number of carbonyl (C=O) groups is 2. The number of amides is 2. The van der Waals surface area contributed by atoms with Crippen LogP contribution in [-0.4, -0.2) is 36.0 Å². The molecule has 0 aromatic rings. The third-order valence-corrected chi connectivity index (χ3v) is 3.03. The van der Waals surface area contributed by atoms with Crippen LogP contribution in [0.25, 0.3) is 0 Å². The molecule has 16 heavy (non-hydrogen) atoms. The van der Waals surface area contributed by atoms with Gasteiger partial charge in [-0.3, -0.25) is 14.5 Å². The van der Waals surface area contributed by atoms with Crippen LogP contribution in [0.5, 0.6) is 0 Å². The third-order valence-electron chi connectivity index (χ3n) is 2.27. The molecule has 2 amide bonds. The van der Waals surface area contributed by atoms with E-state index in [1.165, 1.54) is 12.2 Å². The number of allylic oxidation sites excluding steroid dienone is 2. The molecule has 1 aliphatic carbocycles. The van der Waals surface area contributed by atoms with Crippen molar-refractivity contribution in [1.29, 1.82) is 0 Å². The van der Waals surface area contributed by atoms with E-state index in [-0.39, 0.29) is 4.86 Å². The predicted octanol–water partition coefficient (Wildman–Crippen LogP) is -0.542. The van der Waals surface area contributed by atoms with Crippen LogP contribution in [0.2, 0.25) is 0 Å². The quantitative estimate of drug-likeness (QED) is 0.453. The van der Waals surface area contributed by atoms with E-state index < -0.39 is 28.1 Å². The summed E-state index contributed by atoms with van der Waals surface area (Å²) in [4.78, 5) is 23.7. The number of carbonyl (C=O) groups excluding carboxylic acids is 2. The Labute approximate surface area is 92.9 Å². The molecular formula is C10H7NO4S. The van der Waals surface area contributed by atoms with Crippen LogP contribution in [0, 0.1) is 0 Å². The standard InChI is InChI=1S/C10H7NO4S/c12-9-5-6-10(13)11(9)7-3-1-2-4-8(7)16(14)15/h1-7H. The number of nitrogens with zero attached hydrogens (tertiary/aromatic N) is 1. The zero-order valence-corrected chi connectivity index (χ0v) is 8.85. The van der Waals surface area contributed by atoms with Gasteiger partial charge in [-0.05, 0) is 6.08 Å². The summed E-state index contributed by atoms with van der Waals surface area (Å²) in [6, 6.07) is -0.835. The Morgan fingerprint density at radius 1 is 1.00 bits per heavy atom. The van der Waals surface area contributed by atoms with Gasteiger partial charge in [0.25, 0.3) is 11.8 Å². The van der Waals surface area contributed by atoms with E-state index in [1.807, 2.05) is 0 Å². The Bertz CT molecular complexity index is 554. The van der Waals surface area contributed by atoms with Gasteiger partial charge < -0.3 is 0 Å². The topological polar surface area (TPSA) is 71.5 Å². The lowest BCUT2D eigenvalue weighted by Gasteiger charge is -2.23. The van der Waals surface area contributed by atoms with E-state index in [0.717, 1.165) is 17.1 Å². The Morgan fingerprint density at radius 3 is 2.19 bits per heavy atom. The predicted molar refractivity (Wildman–Crippen MR) is 57.0 cm³/mol. The van der Waals surface area contributed by atoms with Crippen molar-refractivity contribution in [1.82, 2.24) is 4.90 Å². The smallest absolute Gasteiger partial charge is 0.254 e. The summed E-state index contributed by atoms with van der Waals surface area (Å²) in [6.45, 7) is 0. The summed E-state index contributed by atoms with van der Waals surface area (Å²) in [5.41, 5.74) is 0. The minimum atomic E-state index is -2.45. The molecule has 0 saturated heterocycles. The molecule has 0 aromatic carbocycles. The van der Waals surface area contributed by atoms with E-state index in [4.69, 9.17) is 0 Å². The zero-order valence-electron chi connectivity index (χ0n) is 8.03. The van der Waals surface area contributed by atoms with Crippen LogP contribution in [0.4, 0.5) is 0 Å². The van der Waals surface area contributed by atoms with Gasteiger partial charge >= 0.3 is 0 Å². The van der Waals surface area contributed by atoms with Crippen molar-refractivity contribution in [2.24, 2.45) is 0 Å². The monoisotopic (exact) mass is 237 g/mol. The normalized spacial score (nSPS) is 23.4. The molecule has 2 aliphatic rings. The Hall–Kier alpha value is -1.95. The number of rotatable bonds is 1. The van der Waals surface area contributed by atoms with Gasteiger partial charge in [-0.1, -0.05) is 18.2 Å². The van der Waals surface area contributed by atoms with Crippen LogP contribution in [-0.2, 0) is 19.9 Å². The first-order valence-electron chi connectivity index (χ1n) is 4.47. The maximum atomic E-state index is 11.4. The van der Waals surface area contributed by atoms with Crippen LogP contribution in [0.15, 0.2) is 36.5 Å². The highest BCUT2D eigenvalue weighted by Crippen LogP contribution is 2.14. The van der Waals surface area contributed by atoms with Gasteiger partial charge in [0.05, 0.1) is 10.9 Å². The van der Waals surface area contributed by atoms with E-state index in [9.17, 15) is 18.0 Å². The summed E-state index contributed by atoms with van der Waals surface area (Å²) in [5.74, 6) is -1.00. The van der Waals surface area contributed by atoms with Gasteiger partial charge in [0, 0.05) is 12.2 Å². The molecule has 0 radical (unpaired) electrons. The van der Waals surface area contributed by atoms with Crippen LogP contribution in [0.3, 0.4) is 0 Å². The van der Waals surface area contributed by atoms with Crippen molar-refractivity contribution < 1.29 is 18.0 Å². The highest BCUT2D eigenvalue weighted by molar-refractivity contribution is 7.73. The number of hydrogen-bond donors (Lipinski definition) is 0. The van der Waals surface area contributed by atoms with Gasteiger partial charge in [0.1, 0.15) is 0 Å². The van der Waals surface area contributed by atoms with Gasteiger partial charge in [-0.15, -0.1) is 0 Å². The maximum absolute atomic E-state index is 11.4. The lowest BCUT2D eigenvalue weighted by Crippen LogP contribution is -2.44. The van der Waals surface area contributed by atoms with Gasteiger partial charge in [-0.2, -0.15) is 8.42 Å². The molecule has 0 bridgehead atoms. The minimum absolute atomic E-state index is 0.00731. The zero-order chi connectivity index (χ0) is 11.7. The van der Waals surface area contributed by atoms with Crippen molar-refractivity contribution in [3.8, 4) is 0 Å². The molecule has 0 saturated carbocycles. The van der Waals surface area contributed by atoms with Crippen molar-refractivity contribution in [2.45, 2.75) is 6.04 Å². The Kier molecular flexibility index (Phi) is 2.57. The van der Waals surface area contributed by atoms with Crippen molar-refractivity contribution in [2.75, 3.05) is 0 Å². The van der Waals surface area contributed by atoms with E-state index in [0.29, 0.717) is 0 Å². The molecule has 1 aliphatic heterocycles. The summed E-state index contributed by atoms with van der Waals surface area (Å²) >= 11 is 0. The van der Waals surface area contributed by atoms with Crippen LogP contribution >= 0.6 is 0 Å². The summed E-state index contributed by atoms with van der Waals surface area (Å²) < 4.78 is 21.9. The van der Waals surface area contributed by atoms with Crippen LogP contribution in [0.1, 0.15) is 0 Å². The fraction of sp³-hybridized carbons (Fsp3) is 0.100. The SMILES string of the molecule is O=C1C=CC(=O)N1C1C=CC=CC1=S(=O)=O. The molecule has 0 spiro atoms. The van der Waals surface area contributed by atoms with Crippen LogP contribution < -0.4 is 0 Å². The average Bonchev–Trinajstić information content (AvgIpc) is 2.58. The van der Waals surface area contributed by atoms with Crippen molar-refractivity contribution >= 4 is 27.0 Å². The first-order chi connectivity index (χ1) is 7.61. The fourth-order valence-electron chi connectivity index (χ4n) is 1.57. The molecule has 0 fully saturated rings. The molecule has 82 valence electrons. The molecule has 1 atom stereocenters. The fourth-order valence-corrected chi connectivity index (χ4v) is 2.14. The second-order valence-corrected chi connectivity index (χ2v) is 4.15. The molecule has 1 unspecified atom stereocenters. The highest BCUT2D eigenvalue weighted by Gasteiger charge is 2.33. The van der Waals surface area contributed by atoms with E-state index in [1.54, 1.807) is 12.2 Å². The largest absolute Gasteiger partial charge is 0.269 e. The Balaban J connectivity index is 2.45. The van der Waals surface area contributed by atoms with Gasteiger partial charge in [0.2, 0.25) is 10.3 Å². The summed E-state index contributed by atoms with van der Waals surface area (Å²) in [7, 11) is -2.45. The minimum Gasteiger partial charge on any atom is -0.269 e. The van der Waals surface area contributed by atoms with E-state index >= 15 is 0 Å². The van der Waals surface area contributed by atoms with Crippen molar-refractivity contribution in [3.63, 3.8) is 0 Å². The number of hydrogen-bond acceptors (Lipinski definition) is 4. The summed E-state index contributed by atoms with van der Waals surface area (Å²) in [5, 5.41) is 0. The number of imide groups is 1. The molecule has 1 heterocycles. The van der Waals surface area contributed by atoms with Gasteiger partial charge in [0.15, 0.2) is 0 Å². The third kappa shape index (κ3) is 1.63. The second-order valence-electron chi connectivity index (χ2n) is 3.21. The lowest BCUT2D eigenvalue weighted by molar-refractivity contribution is -0.137.